The van der Waals surface area contributed by atoms with E-state index in [-0.39, 0.29) is 5.41 Å². The topological polar surface area (TPSA) is 3.24 Å². The number of fused-ring (bicyclic) bond motifs is 7. The Morgan fingerprint density at radius 2 is 1.00 bits per heavy atom. The van der Waals surface area contributed by atoms with Gasteiger partial charge in [0.25, 0.3) is 0 Å². The molecule has 1 nitrogen and oxygen atoms in total. The van der Waals surface area contributed by atoms with E-state index in [0.29, 0.717) is 5.92 Å². The average molecular weight is 822 g/mol. The molecule has 0 aromatic heterocycles. The summed E-state index contributed by atoms with van der Waals surface area (Å²) in [6, 6.07) is 77.6. The highest BCUT2D eigenvalue weighted by Crippen LogP contribution is 2.52. The second-order valence-electron chi connectivity index (χ2n) is 18.6. The average Bonchev–Trinajstić information content (AvgIpc) is 3.59. The number of hydrogen-bond acceptors (Lipinski definition) is 1. The summed E-state index contributed by atoms with van der Waals surface area (Å²) in [5.74, 6) is 0.576. The smallest absolute Gasteiger partial charge is 0.0540 e. The van der Waals surface area contributed by atoms with Gasteiger partial charge >= 0.3 is 0 Å². The predicted octanol–water partition coefficient (Wildman–Crippen LogP) is 18.0. The highest BCUT2D eigenvalue weighted by molar-refractivity contribution is 6.12. The highest BCUT2D eigenvalue weighted by Gasteiger charge is 2.35. The Morgan fingerprint density at radius 3 is 1.86 bits per heavy atom. The molecule has 1 saturated carbocycles. The molecule has 0 unspecified atom stereocenters. The summed E-state index contributed by atoms with van der Waals surface area (Å²) in [7, 11) is 0. The van der Waals surface area contributed by atoms with Crippen LogP contribution >= 0.6 is 0 Å². The van der Waals surface area contributed by atoms with Gasteiger partial charge in [-0.2, -0.15) is 0 Å². The van der Waals surface area contributed by atoms with Gasteiger partial charge in [0.2, 0.25) is 0 Å². The fraction of sp³-hybridized carbons (Fsp3) is 0.143. The van der Waals surface area contributed by atoms with Gasteiger partial charge in [-0.05, 0) is 131 Å². The molecular formula is C63H51N. The molecule has 0 atom stereocenters. The summed E-state index contributed by atoms with van der Waals surface area (Å²) in [4.78, 5) is 2.55. The molecule has 0 bridgehead atoms. The Kier molecular flexibility index (Phi) is 9.34. The van der Waals surface area contributed by atoms with Gasteiger partial charge in [0, 0.05) is 22.2 Å². The zero-order valence-corrected chi connectivity index (χ0v) is 36.7. The van der Waals surface area contributed by atoms with E-state index in [2.05, 4.69) is 225 Å². The number of nitrogens with zero attached hydrogens (tertiary/aromatic N) is 1. The molecule has 0 N–H and O–H groups in total. The van der Waals surface area contributed by atoms with Crippen LogP contribution in [-0.2, 0) is 5.41 Å². The first-order valence-corrected chi connectivity index (χ1v) is 23.3. The van der Waals surface area contributed by atoms with Crippen molar-refractivity contribution in [3.05, 3.63) is 223 Å². The fourth-order valence-electron chi connectivity index (χ4n) is 11.5. The van der Waals surface area contributed by atoms with Gasteiger partial charge in [0.1, 0.15) is 0 Å². The third kappa shape index (κ3) is 6.28. The molecule has 12 rings (SSSR count). The summed E-state index contributed by atoms with van der Waals surface area (Å²) in [5, 5.41) is 7.80. The normalized spacial score (nSPS) is 14.5. The lowest BCUT2D eigenvalue weighted by atomic mass is 9.80. The summed E-state index contributed by atoms with van der Waals surface area (Å²) in [6.07, 6.45) is 6.47. The minimum Gasteiger partial charge on any atom is -0.309 e. The van der Waals surface area contributed by atoms with Gasteiger partial charge in [-0.3, -0.25) is 0 Å². The maximum Gasteiger partial charge on any atom is 0.0540 e. The Balaban J connectivity index is 1.09. The summed E-state index contributed by atoms with van der Waals surface area (Å²) in [5.41, 5.74) is 17.7. The maximum atomic E-state index is 2.55. The van der Waals surface area contributed by atoms with Gasteiger partial charge in [0.05, 0.1) is 11.4 Å². The zero-order chi connectivity index (χ0) is 42.8. The molecule has 10 aromatic carbocycles. The first-order valence-electron chi connectivity index (χ1n) is 23.3. The first-order chi connectivity index (χ1) is 31.5. The predicted molar refractivity (Wildman–Crippen MR) is 273 cm³/mol. The van der Waals surface area contributed by atoms with Crippen molar-refractivity contribution in [3.63, 3.8) is 0 Å². The van der Waals surface area contributed by atoms with Crippen molar-refractivity contribution in [2.24, 2.45) is 0 Å². The molecule has 0 radical (unpaired) electrons. The summed E-state index contributed by atoms with van der Waals surface area (Å²) < 4.78 is 0. The summed E-state index contributed by atoms with van der Waals surface area (Å²) in [6.45, 7) is 4.76. The van der Waals surface area contributed by atoms with E-state index >= 15 is 0 Å². The minimum absolute atomic E-state index is 0.105. The zero-order valence-electron chi connectivity index (χ0n) is 36.7. The van der Waals surface area contributed by atoms with Crippen molar-refractivity contribution in [1.82, 2.24) is 0 Å². The molecule has 2 aliphatic rings. The second-order valence-corrected chi connectivity index (χ2v) is 18.6. The monoisotopic (exact) mass is 821 g/mol. The molecule has 0 saturated heterocycles. The SMILES string of the molecule is CC1(C)c2ccccc2-c2ccc(-c3ccccc3N(c3cccc(-c4cccc5c4ccc4ccccc45)c3)c3ccccc3-c3cccc4cccc(C5CCCCC5)c34)cc21. The number of para-hydroxylation sites is 2. The van der Waals surface area contributed by atoms with Crippen LogP contribution in [0.3, 0.4) is 0 Å². The van der Waals surface area contributed by atoms with Crippen LogP contribution in [0.5, 0.6) is 0 Å². The molecule has 10 aromatic rings. The molecule has 1 heteroatoms. The highest BCUT2D eigenvalue weighted by atomic mass is 15.1. The van der Waals surface area contributed by atoms with Crippen LogP contribution in [-0.4, -0.2) is 0 Å². The first kappa shape index (κ1) is 38.5. The Hall–Kier alpha value is -7.22. The molecule has 0 spiro atoms. The van der Waals surface area contributed by atoms with E-state index < -0.39 is 0 Å². The van der Waals surface area contributed by atoms with E-state index in [0.717, 1.165) is 17.1 Å². The number of hydrogen-bond donors (Lipinski definition) is 0. The molecule has 308 valence electrons. The van der Waals surface area contributed by atoms with E-state index in [1.165, 1.54) is 126 Å². The van der Waals surface area contributed by atoms with Crippen LogP contribution in [0.4, 0.5) is 17.1 Å². The molecule has 0 heterocycles. The third-order valence-electron chi connectivity index (χ3n) is 14.7. The van der Waals surface area contributed by atoms with Crippen molar-refractivity contribution >= 4 is 49.4 Å². The van der Waals surface area contributed by atoms with E-state index in [9.17, 15) is 0 Å². The van der Waals surface area contributed by atoms with Gasteiger partial charge in [-0.25, -0.2) is 0 Å². The lowest BCUT2D eigenvalue weighted by Gasteiger charge is -2.31. The molecule has 0 amide bonds. The van der Waals surface area contributed by atoms with Gasteiger partial charge in [0.15, 0.2) is 0 Å². The number of rotatable bonds is 7. The number of benzene rings is 10. The molecule has 1 fully saturated rings. The van der Waals surface area contributed by atoms with Crippen molar-refractivity contribution < 1.29 is 0 Å². The Morgan fingerprint density at radius 1 is 0.391 bits per heavy atom. The van der Waals surface area contributed by atoms with E-state index in [1.807, 2.05) is 0 Å². The van der Waals surface area contributed by atoms with Crippen molar-refractivity contribution in [2.75, 3.05) is 4.90 Å². The fourth-order valence-corrected chi connectivity index (χ4v) is 11.5. The van der Waals surface area contributed by atoms with E-state index in [4.69, 9.17) is 0 Å². The molecule has 2 aliphatic carbocycles. The molecule has 0 aliphatic heterocycles. The standard InChI is InChI=1S/C63H51N/c1-63(2)58-33-11-8-27-54(58)55-39-37-46(41-59(55)63)50-26-9-12-34-60(50)64(47-24-14-23-45(40-47)49-29-17-31-52-48-25-7-6-20-43(48)36-38-53(49)52)61-35-13-10-28-56(61)57-32-16-22-44-21-15-30-51(62(44)57)42-18-4-3-5-19-42/h6-17,20-42H,3-5,18-19H2,1-2H3. The lowest BCUT2D eigenvalue weighted by molar-refractivity contribution is 0.445. The van der Waals surface area contributed by atoms with Gasteiger partial charge < -0.3 is 4.90 Å². The van der Waals surface area contributed by atoms with Crippen molar-refractivity contribution in [2.45, 2.75) is 57.3 Å². The Bertz CT molecular complexity index is 3410. The van der Waals surface area contributed by atoms with Crippen LogP contribution < -0.4 is 4.90 Å². The van der Waals surface area contributed by atoms with Crippen LogP contribution in [0, 0.1) is 0 Å². The van der Waals surface area contributed by atoms with Crippen LogP contribution in [0.25, 0.3) is 76.8 Å². The van der Waals surface area contributed by atoms with Crippen molar-refractivity contribution in [3.8, 4) is 44.5 Å². The van der Waals surface area contributed by atoms with Crippen molar-refractivity contribution in [1.29, 1.82) is 0 Å². The van der Waals surface area contributed by atoms with Gasteiger partial charge in [-0.15, -0.1) is 0 Å². The van der Waals surface area contributed by atoms with E-state index in [1.54, 1.807) is 0 Å². The van der Waals surface area contributed by atoms with Gasteiger partial charge in [-0.1, -0.05) is 209 Å². The minimum atomic E-state index is -0.105. The molecule has 64 heavy (non-hydrogen) atoms. The van der Waals surface area contributed by atoms with Crippen LogP contribution in [0.1, 0.15) is 68.6 Å². The number of anilines is 3. The Labute approximate surface area is 377 Å². The van der Waals surface area contributed by atoms with Crippen LogP contribution in [0.2, 0.25) is 0 Å². The quantitative estimate of drug-likeness (QED) is 0.145. The third-order valence-corrected chi connectivity index (χ3v) is 14.7. The second kappa shape index (κ2) is 15.5. The lowest BCUT2D eigenvalue weighted by Crippen LogP contribution is -2.15. The summed E-state index contributed by atoms with van der Waals surface area (Å²) >= 11 is 0. The largest absolute Gasteiger partial charge is 0.309 e. The molecular weight excluding hydrogens is 771 g/mol. The van der Waals surface area contributed by atoms with Crippen LogP contribution in [0.15, 0.2) is 206 Å². The maximum absolute atomic E-state index is 2.55.